The molecule has 0 saturated carbocycles. The Morgan fingerprint density at radius 3 is 2.35 bits per heavy atom. The van der Waals surface area contributed by atoms with Gasteiger partial charge in [0.15, 0.2) is 0 Å². The molecule has 0 aromatic heterocycles. The van der Waals surface area contributed by atoms with Gasteiger partial charge in [0.1, 0.15) is 5.75 Å². The summed E-state index contributed by atoms with van der Waals surface area (Å²) in [5.41, 5.74) is 2.10. The van der Waals surface area contributed by atoms with Crippen molar-refractivity contribution in [1.29, 1.82) is 0 Å². The van der Waals surface area contributed by atoms with Crippen molar-refractivity contribution in [2.45, 2.75) is 32.6 Å². The lowest BCUT2D eigenvalue weighted by atomic mass is 9.85. The molecule has 1 rings (SSSR count). The fourth-order valence-corrected chi connectivity index (χ4v) is 1.61. The first-order valence-corrected chi connectivity index (χ1v) is 5.62. The second kappa shape index (κ2) is 5.21. The van der Waals surface area contributed by atoms with Gasteiger partial charge in [-0.3, -0.25) is 4.79 Å². The summed E-state index contributed by atoms with van der Waals surface area (Å²) in [5, 5.41) is 0. The molecular formula is C14H20O3. The van der Waals surface area contributed by atoms with Crippen molar-refractivity contribution < 1.29 is 14.3 Å². The summed E-state index contributed by atoms with van der Waals surface area (Å²) in [4.78, 5) is 11.3. The van der Waals surface area contributed by atoms with Crippen LogP contribution in [0.15, 0.2) is 18.2 Å². The van der Waals surface area contributed by atoms with Crippen LogP contribution in [-0.2, 0) is 21.4 Å². The van der Waals surface area contributed by atoms with Crippen LogP contribution in [0, 0.1) is 0 Å². The molecule has 0 fully saturated rings. The standard InChI is InChI=1S/C14H20O3/c1-14(2,3)11-6-7-12(16-4)10(8-11)9-13(15)17-5/h6-8H,9H2,1-5H3. The normalized spacial score (nSPS) is 11.1. The van der Waals surface area contributed by atoms with E-state index in [2.05, 4.69) is 25.5 Å². The number of carbonyl (C=O) groups is 1. The third kappa shape index (κ3) is 3.48. The van der Waals surface area contributed by atoms with Crippen LogP contribution in [-0.4, -0.2) is 20.2 Å². The summed E-state index contributed by atoms with van der Waals surface area (Å²) in [7, 11) is 3.00. The van der Waals surface area contributed by atoms with Crippen LogP contribution in [0.5, 0.6) is 5.75 Å². The Balaban J connectivity index is 3.11. The quantitative estimate of drug-likeness (QED) is 0.757. The predicted octanol–water partition coefficient (Wildman–Crippen LogP) is 2.71. The van der Waals surface area contributed by atoms with E-state index >= 15 is 0 Å². The summed E-state index contributed by atoms with van der Waals surface area (Å²) in [6.45, 7) is 6.41. The summed E-state index contributed by atoms with van der Waals surface area (Å²) < 4.78 is 9.94. The molecule has 0 aliphatic rings. The van der Waals surface area contributed by atoms with Gasteiger partial charge < -0.3 is 9.47 Å². The van der Waals surface area contributed by atoms with E-state index in [-0.39, 0.29) is 17.8 Å². The average molecular weight is 236 g/mol. The molecule has 17 heavy (non-hydrogen) atoms. The summed E-state index contributed by atoms with van der Waals surface area (Å²) in [6.07, 6.45) is 0.240. The van der Waals surface area contributed by atoms with Crippen molar-refractivity contribution in [3.63, 3.8) is 0 Å². The number of hydrogen-bond acceptors (Lipinski definition) is 3. The minimum absolute atomic E-state index is 0.0527. The lowest BCUT2D eigenvalue weighted by Crippen LogP contribution is -2.13. The van der Waals surface area contributed by atoms with Crippen molar-refractivity contribution in [2.75, 3.05) is 14.2 Å². The Kier molecular flexibility index (Phi) is 4.16. The van der Waals surface area contributed by atoms with E-state index < -0.39 is 0 Å². The van der Waals surface area contributed by atoms with Gasteiger partial charge in [-0.1, -0.05) is 32.9 Å². The van der Waals surface area contributed by atoms with Gasteiger partial charge in [0.05, 0.1) is 20.6 Å². The maximum Gasteiger partial charge on any atom is 0.310 e. The van der Waals surface area contributed by atoms with Crippen molar-refractivity contribution in [1.82, 2.24) is 0 Å². The largest absolute Gasteiger partial charge is 0.496 e. The van der Waals surface area contributed by atoms with Gasteiger partial charge in [0.2, 0.25) is 0 Å². The highest BCUT2D eigenvalue weighted by Gasteiger charge is 2.17. The van der Waals surface area contributed by atoms with Crippen LogP contribution in [0.1, 0.15) is 31.9 Å². The average Bonchev–Trinajstić information content (AvgIpc) is 2.27. The van der Waals surface area contributed by atoms with E-state index in [0.29, 0.717) is 0 Å². The zero-order valence-corrected chi connectivity index (χ0v) is 11.2. The minimum atomic E-state index is -0.255. The molecule has 0 saturated heterocycles. The third-order valence-corrected chi connectivity index (χ3v) is 2.71. The van der Waals surface area contributed by atoms with Gasteiger partial charge in [0, 0.05) is 5.56 Å². The first kappa shape index (κ1) is 13.6. The molecule has 1 aromatic rings. The third-order valence-electron chi connectivity index (χ3n) is 2.71. The van der Waals surface area contributed by atoms with Gasteiger partial charge in [-0.2, -0.15) is 0 Å². The van der Waals surface area contributed by atoms with E-state index in [4.69, 9.17) is 4.74 Å². The van der Waals surface area contributed by atoms with Gasteiger partial charge >= 0.3 is 5.97 Å². The minimum Gasteiger partial charge on any atom is -0.496 e. The fourth-order valence-electron chi connectivity index (χ4n) is 1.61. The molecule has 0 aliphatic carbocycles. The van der Waals surface area contributed by atoms with Crippen LogP contribution >= 0.6 is 0 Å². The number of methoxy groups -OCH3 is 2. The first-order valence-electron chi connectivity index (χ1n) is 5.62. The molecule has 1 aromatic carbocycles. The molecule has 0 aliphatic heterocycles. The van der Waals surface area contributed by atoms with E-state index in [1.165, 1.54) is 12.7 Å². The molecular weight excluding hydrogens is 216 g/mol. The van der Waals surface area contributed by atoms with Crippen molar-refractivity contribution in [3.8, 4) is 5.75 Å². The zero-order chi connectivity index (χ0) is 13.1. The molecule has 0 N–H and O–H groups in total. The maximum atomic E-state index is 11.3. The fraction of sp³-hybridized carbons (Fsp3) is 0.500. The molecule has 0 atom stereocenters. The Hall–Kier alpha value is -1.51. The predicted molar refractivity (Wildman–Crippen MR) is 67.4 cm³/mol. The molecule has 94 valence electrons. The number of ether oxygens (including phenoxy) is 2. The number of rotatable bonds is 3. The smallest absolute Gasteiger partial charge is 0.310 e. The zero-order valence-electron chi connectivity index (χ0n) is 11.2. The Labute approximate surface area is 103 Å². The van der Waals surface area contributed by atoms with E-state index in [9.17, 15) is 4.79 Å². The van der Waals surface area contributed by atoms with E-state index in [0.717, 1.165) is 11.3 Å². The summed E-state index contributed by atoms with van der Waals surface area (Å²) >= 11 is 0. The molecule has 0 bridgehead atoms. The van der Waals surface area contributed by atoms with Crippen LogP contribution in [0.2, 0.25) is 0 Å². The molecule has 0 radical (unpaired) electrons. The summed E-state index contributed by atoms with van der Waals surface area (Å²) in [5.74, 6) is 0.470. The van der Waals surface area contributed by atoms with Crippen molar-refractivity contribution in [3.05, 3.63) is 29.3 Å². The molecule has 0 heterocycles. The molecule has 0 amide bonds. The van der Waals surface area contributed by atoms with Gasteiger partial charge in [0.25, 0.3) is 0 Å². The van der Waals surface area contributed by atoms with Crippen LogP contribution in [0.4, 0.5) is 0 Å². The lowest BCUT2D eigenvalue weighted by Gasteiger charge is -2.20. The number of hydrogen-bond donors (Lipinski definition) is 0. The van der Waals surface area contributed by atoms with Gasteiger partial charge in [-0.15, -0.1) is 0 Å². The first-order chi connectivity index (χ1) is 7.88. The number of carbonyl (C=O) groups excluding carboxylic acids is 1. The van der Waals surface area contributed by atoms with Crippen LogP contribution in [0.3, 0.4) is 0 Å². The van der Waals surface area contributed by atoms with Crippen LogP contribution < -0.4 is 4.74 Å². The number of esters is 1. The molecule has 0 spiro atoms. The van der Waals surface area contributed by atoms with E-state index in [1.807, 2.05) is 18.2 Å². The Bertz CT molecular complexity index is 402. The van der Waals surface area contributed by atoms with Crippen molar-refractivity contribution >= 4 is 5.97 Å². The van der Waals surface area contributed by atoms with Gasteiger partial charge in [-0.05, 0) is 17.0 Å². The SMILES string of the molecule is COC(=O)Cc1cc(C(C)(C)C)ccc1OC. The van der Waals surface area contributed by atoms with Crippen LogP contribution in [0.25, 0.3) is 0 Å². The highest BCUT2D eigenvalue weighted by Crippen LogP contribution is 2.28. The molecule has 0 unspecified atom stereocenters. The van der Waals surface area contributed by atoms with Crippen molar-refractivity contribution in [2.24, 2.45) is 0 Å². The number of benzene rings is 1. The maximum absolute atomic E-state index is 11.3. The Morgan fingerprint density at radius 2 is 1.88 bits per heavy atom. The molecule has 3 heteroatoms. The monoisotopic (exact) mass is 236 g/mol. The lowest BCUT2D eigenvalue weighted by molar-refractivity contribution is -0.139. The Morgan fingerprint density at radius 1 is 1.24 bits per heavy atom. The highest BCUT2D eigenvalue weighted by molar-refractivity contribution is 5.73. The second-order valence-electron chi connectivity index (χ2n) is 5.03. The topological polar surface area (TPSA) is 35.5 Å². The molecule has 3 nitrogen and oxygen atoms in total. The van der Waals surface area contributed by atoms with Gasteiger partial charge in [-0.25, -0.2) is 0 Å². The highest BCUT2D eigenvalue weighted by atomic mass is 16.5. The summed E-state index contributed by atoms with van der Waals surface area (Å²) in [6, 6.07) is 5.94. The van der Waals surface area contributed by atoms with E-state index in [1.54, 1.807) is 7.11 Å². The second-order valence-corrected chi connectivity index (χ2v) is 5.03.